The van der Waals surface area contributed by atoms with E-state index in [0.29, 0.717) is 12.8 Å². The molecule has 0 radical (unpaired) electrons. The lowest BCUT2D eigenvalue weighted by molar-refractivity contribution is -0.130. The Morgan fingerprint density at radius 1 is 1.40 bits per heavy atom. The molecule has 0 atom stereocenters. The van der Waals surface area contributed by atoms with Crippen LogP contribution < -0.4 is 0 Å². The normalized spacial score (nSPS) is 16.5. The molecule has 1 aromatic rings. The number of hydrazone groups is 1. The van der Waals surface area contributed by atoms with Gasteiger partial charge < -0.3 is 0 Å². The summed E-state index contributed by atoms with van der Waals surface area (Å²) in [5.41, 5.74) is 1.51. The molecule has 1 aromatic carbocycles. The van der Waals surface area contributed by atoms with Crippen molar-refractivity contribution in [2.45, 2.75) is 12.8 Å². The van der Waals surface area contributed by atoms with E-state index in [-0.39, 0.29) is 11.7 Å². The van der Waals surface area contributed by atoms with Crippen LogP contribution in [0.4, 0.5) is 4.39 Å². The van der Waals surface area contributed by atoms with Crippen LogP contribution in [0.3, 0.4) is 0 Å². The molecule has 0 N–H and O–H groups in total. The first-order valence-electron chi connectivity index (χ1n) is 4.77. The van der Waals surface area contributed by atoms with Crippen LogP contribution in [-0.4, -0.2) is 23.7 Å². The predicted molar refractivity (Wildman–Crippen MR) is 54.9 cm³/mol. The Kier molecular flexibility index (Phi) is 2.49. The standard InChI is InChI=1S/C11H11FN2O/c1-14-11(15)6-5-10(13-14)8-3-2-4-9(12)7-8/h2-4,7H,5-6H2,1H3. The topological polar surface area (TPSA) is 32.7 Å². The van der Waals surface area contributed by atoms with Gasteiger partial charge in [0.15, 0.2) is 0 Å². The highest BCUT2D eigenvalue weighted by molar-refractivity contribution is 6.04. The fourth-order valence-corrected chi connectivity index (χ4v) is 1.54. The molecule has 15 heavy (non-hydrogen) atoms. The van der Waals surface area contributed by atoms with E-state index in [9.17, 15) is 9.18 Å². The molecule has 78 valence electrons. The highest BCUT2D eigenvalue weighted by Gasteiger charge is 2.17. The first kappa shape index (κ1) is 9.83. The summed E-state index contributed by atoms with van der Waals surface area (Å²) in [4.78, 5) is 11.2. The van der Waals surface area contributed by atoms with Crippen LogP contribution in [0.25, 0.3) is 0 Å². The fourth-order valence-electron chi connectivity index (χ4n) is 1.54. The molecule has 0 aliphatic carbocycles. The van der Waals surface area contributed by atoms with Gasteiger partial charge in [-0.1, -0.05) is 12.1 Å². The lowest BCUT2D eigenvalue weighted by Crippen LogP contribution is -2.28. The van der Waals surface area contributed by atoms with Crippen LogP contribution in [0, 0.1) is 5.82 Å². The number of amides is 1. The summed E-state index contributed by atoms with van der Waals surface area (Å²) in [6.07, 6.45) is 1.01. The van der Waals surface area contributed by atoms with Gasteiger partial charge in [-0.3, -0.25) is 4.79 Å². The number of nitrogens with zero attached hydrogens (tertiary/aromatic N) is 2. The highest BCUT2D eigenvalue weighted by Crippen LogP contribution is 2.14. The van der Waals surface area contributed by atoms with Crippen molar-refractivity contribution in [2.24, 2.45) is 5.10 Å². The van der Waals surface area contributed by atoms with Gasteiger partial charge in [0.25, 0.3) is 0 Å². The van der Waals surface area contributed by atoms with Crippen LogP contribution in [0.5, 0.6) is 0 Å². The molecule has 0 saturated carbocycles. The van der Waals surface area contributed by atoms with Crippen LogP contribution >= 0.6 is 0 Å². The van der Waals surface area contributed by atoms with Crippen LogP contribution in [0.1, 0.15) is 18.4 Å². The summed E-state index contributed by atoms with van der Waals surface area (Å²) in [6.45, 7) is 0. The third-order valence-electron chi connectivity index (χ3n) is 2.37. The van der Waals surface area contributed by atoms with Crippen molar-refractivity contribution < 1.29 is 9.18 Å². The molecule has 0 aromatic heterocycles. The van der Waals surface area contributed by atoms with E-state index in [1.54, 1.807) is 19.2 Å². The molecular formula is C11H11FN2O. The summed E-state index contributed by atoms with van der Waals surface area (Å²) >= 11 is 0. The van der Waals surface area contributed by atoms with Crippen LogP contribution in [-0.2, 0) is 4.79 Å². The van der Waals surface area contributed by atoms with Gasteiger partial charge in [-0.15, -0.1) is 0 Å². The van der Waals surface area contributed by atoms with Crippen molar-refractivity contribution in [1.29, 1.82) is 0 Å². The number of carbonyl (C=O) groups excluding carboxylic acids is 1. The summed E-state index contributed by atoms with van der Waals surface area (Å²) < 4.78 is 13.0. The second-order valence-corrected chi connectivity index (χ2v) is 3.47. The van der Waals surface area contributed by atoms with Crippen LogP contribution in [0.2, 0.25) is 0 Å². The molecule has 0 bridgehead atoms. The highest BCUT2D eigenvalue weighted by atomic mass is 19.1. The quantitative estimate of drug-likeness (QED) is 0.689. The Bertz CT molecular complexity index is 428. The molecule has 3 nitrogen and oxygen atoms in total. The van der Waals surface area contributed by atoms with Crippen molar-refractivity contribution in [2.75, 3.05) is 7.05 Å². The minimum atomic E-state index is -0.283. The Morgan fingerprint density at radius 3 is 2.87 bits per heavy atom. The Hall–Kier alpha value is -1.71. The third kappa shape index (κ3) is 2.03. The Balaban J connectivity index is 2.32. The molecule has 0 unspecified atom stereocenters. The van der Waals surface area contributed by atoms with E-state index >= 15 is 0 Å². The molecule has 1 amide bonds. The molecular weight excluding hydrogens is 195 g/mol. The zero-order chi connectivity index (χ0) is 10.8. The SMILES string of the molecule is CN1N=C(c2cccc(F)c2)CCC1=O. The third-order valence-corrected chi connectivity index (χ3v) is 2.37. The summed E-state index contributed by atoms with van der Waals surface area (Å²) in [7, 11) is 1.61. The molecule has 2 rings (SSSR count). The lowest BCUT2D eigenvalue weighted by Gasteiger charge is -2.19. The first-order chi connectivity index (χ1) is 7.16. The van der Waals surface area contributed by atoms with Gasteiger partial charge in [0.1, 0.15) is 5.82 Å². The van der Waals surface area contributed by atoms with Gasteiger partial charge in [-0.2, -0.15) is 5.10 Å². The maximum absolute atomic E-state index is 13.0. The zero-order valence-corrected chi connectivity index (χ0v) is 8.40. The molecule has 1 aliphatic heterocycles. The minimum absolute atomic E-state index is 0.00449. The number of halogens is 1. The van der Waals surface area contributed by atoms with E-state index in [4.69, 9.17) is 0 Å². The summed E-state index contributed by atoms with van der Waals surface area (Å²) in [5.74, 6) is -0.287. The monoisotopic (exact) mass is 206 g/mol. The Morgan fingerprint density at radius 2 is 2.20 bits per heavy atom. The molecule has 0 saturated heterocycles. The van der Waals surface area contributed by atoms with E-state index in [2.05, 4.69) is 5.10 Å². The van der Waals surface area contributed by atoms with Crippen molar-refractivity contribution >= 4 is 11.6 Å². The molecule has 0 fully saturated rings. The maximum atomic E-state index is 13.0. The fraction of sp³-hybridized carbons (Fsp3) is 0.273. The first-order valence-corrected chi connectivity index (χ1v) is 4.77. The largest absolute Gasteiger partial charge is 0.273 e. The van der Waals surface area contributed by atoms with E-state index in [1.165, 1.54) is 17.1 Å². The number of hydrogen-bond acceptors (Lipinski definition) is 2. The van der Waals surface area contributed by atoms with Gasteiger partial charge in [0, 0.05) is 25.5 Å². The van der Waals surface area contributed by atoms with E-state index in [1.807, 2.05) is 0 Å². The molecule has 1 heterocycles. The predicted octanol–water partition coefficient (Wildman–Crippen LogP) is 1.78. The lowest BCUT2D eigenvalue weighted by atomic mass is 10.0. The van der Waals surface area contributed by atoms with Gasteiger partial charge >= 0.3 is 0 Å². The minimum Gasteiger partial charge on any atom is -0.273 e. The number of rotatable bonds is 1. The maximum Gasteiger partial charge on any atom is 0.242 e. The van der Waals surface area contributed by atoms with Gasteiger partial charge in [-0.25, -0.2) is 9.40 Å². The average molecular weight is 206 g/mol. The van der Waals surface area contributed by atoms with Gasteiger partial charge in [0.05, 0.1) is 5.71 Å². The number of carbonyl (C=O) groups is 1. The molecule has 1 aliphatic rings. The molecule has 0 spiro atoms. The van der Waals surface area contributed by atoms with Crippen molar-refractivity contribution in [3.8, 4) is 0 Å². The molecule has 4 heteroatoms. The van der Waals surface area contributed by atoms with E-state index < -0.39 is 0 Å². The zero-order valence-electron chi connectivity index (χ0n) is 8.40. The van der Waals surface area contributed by atoms with Crippen LogP contribution in [0.15, 0.2) is 29.4 Å². The average Bonchev–Trinajstić information content (AvgIpc) is 2.22. The Labute approximate surface area is 87.2 Å². The second kappa shape index (κ2) is 3.81. The second-order valence-electron chi connectivity index (χ2n) is 3.47. The number of hydrogen-bond donors (Lipinski definition) is 0. The smallest absolute Gasteiger partial charge is 0.242 e. The van der Waals surface area contributed by atoms with Gasteiger partial charge in [-0.05, 0) is 12.1 Å². The van der Waals surface area contributed by atoms with Crippen molar-refractivity contribution in [3.05, 3.63) is 35.6 Å². The summed E-state index contributed by atoms with van der Waals surface area (Å²) in [6, 6.07) is 6.26. The van der Waals surface area contributed by atoms with Gasteiger partial charge in [0.2, 0.25) is 5.91 Å². The summed E-state index contributed by atoms with van der Waals surface area (Å²) in [5, 5.41) is 5.42. The number of benzene rings is 1. The van der Waals surface area contributed by atoms with Crippen molar-refractivity contribution in [1.82, 2.24) is 5.01 Å². The van der Waals surface area contributed by atoms with E-state index in [0.717, 1.165) is 11.3 Å². The van der Waals surface area contributed by atoms with Crippen molar-refractivity contribution in [3.63, 3.8) is 0 Å².